The van der Waals surface area contributed by atoms with Crippen molar-refractivity contribution >= 4 is 29.2 Å². The molecule has 6 nitrogen and oxygen atoms in total. The molecule has 29 heavy (non-hydrogen) atoms. The van der Waals surface area contributed by atoms with Gasteiger partial charge in [0, 0.05) is 30.3 Å². The number of nitrogens with zero attached hydrogens (tertiary/aromatic N) is 1. The van der Waals surface area contributed by atoms with Gasteiger partial charge in [0.1, 0.15) is 5.75 Å². The number of hydrogen-bond acceptors (Lipinski definition) is 3. The number of urea groups is 1. The summed E-state index contributed by atoms with van der Waals surface area (Å²) < 4.78 is 5.22. The van der Waals surface area contributed by atoms with Crippen molar-refractivity contribution in [3.63, 3.8) is 0 Å². The molecule has 0 aromatic heterocycles. The fourth-order valence-electron chi connectivity index (χ4n) is 3.51. The van der Waals surface area contributed by atoms with E-state index < -0.39 is 5.41 Å². The zero-order valence-corrected chi connectivity index (χ0v) is 17.5. The Kier molecular flexibility index (Phi) is 6.64. The highest BCUT2D eigenvalue weighted by Crippen LogP contribution is 2.30. The van der Waals surface area contributed by atoms with Crippen LogP contribution in [-0.2, 0) is 11.3 Å². The molecule has 2 aromatic rings. The molecule has 0 unspecified atom stereocenters. The minimum atomic E-state index is -0.631. The molecule has 2 N–H and O–H groups in total. The number of amides is 3. The van der Waals surface area contributed by atoms with Crippen LogP contribution in [0.5, 0.6) is 5.75 Å². The third kappa shape index (κ3) is 5.41. The second-order valence-corrected chi connectivity index (χ2v) is 7.99. The number of hydrogen-bond donors (Lipinski definition) is 2. The Labute approximate surface area is 176 Å². The predicted octanol–water partition coefficient (Wildman–Crippen LogP) is 4.30. The third-order valence-corrected chi connectivity index (χ3v) is 5.47. The molecule has 0 bridgehead atoms. The zero-order chi connectivity index (χ0) is 20.9. The molecule has 0 radical (unpaired) electrons. The van der Waals surface area contributed by atoms with E-state index in [0.717, 1.165) is 24.2 Å². The molecule has 1 aliphatic rings. The van der Waals surface area contributed by atoms with Crippen molar-refractivity contribution in [2.45, 2.75) is 26.3 Å². The molecule has 7 heteroatoms. The van der Waals surface area contributed by atoms with Crippen LogP contribution in [0, 0.1) is 5.41 Å². The average molecular weight is 416 g/mol. The first-order valence-electron chi connectivity index (χ1n) is 9.62. The van der Waals surface area contributed by atoms with Gasteiger partial charge in [-0.3, -0.25) is 4.79 Å². The molecule has 0 aliphatic carbocycles. The SMILES string of the molecule is COc1cccc(CNC(=O)[C@@]2(C)CCCN(C(=O)Nc3ccc(Cl)cc3)C2)c1. The van der Waals surface area contributed by atoms with Crippen molar-refractivity contribution in [2.75, 3.05) is 25.5 Å². The largest absolute Gasteiger partial charge is 0.497 e. The first-order chi connectivity index (χ1) is 13.9. The maximum Gasteiger partial charge on any atom is 0.321 e. The monoisotopic (exact) mass is 415 g/mol. The minimum absolute atomic E-state index is 0.0516. The number of nitrogens with one attached hydrogen (secondary N) is 2. The second-order valence-electron chi connectivity index (χ2n) is 7.56. The van der Waals surface area contributed by atoms with E-state index in [1.807, 2.05) is 31.2 Å². The highest BCUT2D eigenvalue weighted by Gasteiger charge is 2.39. The van der Waals surface area contributed by atoms with Gasteiger partial charge in [0.05, 0.1) is 12.5 Å². The van der Waals surface area contributed by atoms with Crippen LogP contribution in [-0.4, -0.2) is 37.0 Å². The number of benzene rings is 2. The van der Waals surface area contributed by atoms with Gasteiger partial charge in [-0.2, -0.15) is 0 Å². The number of carbonyl (C=O) groups is 2. The minimum Gasteiger partial charge on any atom is -0.497 e. The maximum absolute atomic E-state index is 12.9. The second kappa shape index (κ2) is 9.18. The molecule has 3 rings (SSSR count). The number of carbonyl (C=O) groups excluding carboxylic acids is 2. The lowest BCUT2D eigenvalue weighted by Gasteiger charge is -2.39. The molecular formula is C22H26ClN3O3. The summed E-state index contributed by atoms with van der Waals surface area (Å²) in [6.45, 7) is 3.33. The topological polar surface area (TPSA) is 70.7 Å². The van der Waals surface area contributed by atoms with Crippen molar-refractivity contribution in [3.05, 3.63) is 59.1 Å². The van der Waals surface area contributed by atoms with E-state index in [1.165, 1.54) is 0 Å². The number of likely N-dealkylation sites (tertiary alicyclic amines) is 1. The van der Waals surface area contributed by atoms with E-state index in [9.17, 15) is 9.59 Å². The van der Waals surface area contributed by atoms with Crippen LogP contribution >= 0.6 is 11.6 Å². The summed E-state index contributed by atoms with van der Waals surface area (Å²) in [5.74, 6) is 0.704. The van der Waals surface area contributed by atoms with E-state index in [1.54, 1.807) is 36.3 Å². The standard InChI is InChI=1S/C22H26ClN3O3/c1-22(20(27)24-14-16-5-3-6-19(13-16)29-2)11-4-12-26(15-22)21(28)25-18-9-7-17(23)8-10-18/h3,5-10,13H,4,11-12,14-15H2,1-2H3,(H,24,27)(H,25,28)/t22-/m0/s1. The Morgan fingerprint density at radius 2 is 1.97 bits per heavy atom. The predicted molar refractivity (Wildman–Crippen MR) is 114 cm³/mol. The van der Waals surface area contributed by atoms with Gasteiger partial charge in [0.2, 0.25) is 5.91 Å². The summed E-state index contributed by atoms with van der Waals surface area (Å²) in [5.41, 5.74) is 1.01. The normalized spacial score (nSPS) is 18.8. The Hall–Kier alpha value is -2.73. The van der Waals surface area contributed by atoms with Crippen LogP contribution in [0.2, 0.25) is 5.02 Å². The van der Waals surface area contributed by atoms with Gasteiger partial charge >= 0.3 is 6.03 Å². The number of ether oxygens (including phenoxy) is 1. The molecule has 1 saturated heterocycles. The molecule has 0 spiro atoms. The van der Waals surface area contributed by atoms with Gasteiger partial charge in [-0.1, -0.05) is 23.7 Å². The molecule has 3 amide bonds. The number of piperidine rings is 1. The Morgan fingerprint density at radius 1 is 1.21 bits per heavy atom. The van der Waals surface area contributed by atoms with Gasteiger partial charge in [0.25, 0.3) is 0 Å². The van der Waals surface area contributed by atoms with Gasteiger partial charge < -0.3 is 20.3 Å². The van der Waals surface area contributed by atoms with Crippen LogP contribution < -0.4 is 15.4 Å². The summed E-state index contributed by atoms with van der Waals surface area (Å²) in [7, 11) is 1.62. The number of halogens is 1. The van der Waals surface area contributed by atoms with Gasteiger partial charge in [-0.25, -0.2) is 4.79 Å². The number of rotatable bonds is 5. The summed E-state index contributed by atoms with van der Waals surface area (Å²) in [5, 5.41) is 6.49. The third-order valence-electron chi connectivity index (χ3n) is 5.21. The molecule has 1 atom stereocenters. The molecule has 1 fully saturated rings. The first kappa shape index (κ1) is 21.0. The van der Waals surface area contributed by atoms with Crippen LogP contribution in [0.25, 0.3) is 0 Å². The average Bonchev–Trinajstić information content (AvgIpc) is 2.73. The van der Waals surface area contributed by atoms with Crippen LogP contribution in [0.4, 0.5) is 10.5 Å². The first-order valence-corrected chi connectivity index (χ1v) is 10.0. The van der Waals surface area contributed by atoms with Gasteiger partial charge in [-0.15, -0.1) is 0 Å². The van der Waals surface area contributed by atoms with E-state index in [0.29, 0.717) is 30.3 Å². The smallest absolute Gasteiger partial charge is 0.321 e. The van der Waals surface area contributed by atoms with Crippen LogP contribution in [0.1, 0.15) is 25.3 Å². The maximum atomic E-state index is 12.9. The van der Waals surface area contributed by atoms with Crippen molar-refractivity contribution in [3.8, 4) is 5.75 Å². The van der Waals surface area contributed by atoms with E-state index in [-0.39, 0.29) is 11.9 Å². The van der Waals surface area contributed by atoms with Gasteiger partial charge in [-0.05, 0) is 61.7 Å². The summed E-state index contributed by atoms with van der Waals surface area (Å²) >= 11 is 5.89. The quantitative estimate of drug-likeness (QED) is 0.764. The molecule has 2 aromatic carbocycles. The summed E-state index contributed by atoms with van der Waals surface area (Å²) in [6, 6.07) is 14.4. The van der Waals surface area contributed by atoms with Crippen LogP contribution in [0.15, 0.2) is 48.5 Å². The molecule has 1 heterocycles. The Balaban J connectivity index is 1.59. The van der Waals surface area contributed by atoms with E-state index in [2.05, 4.69) is 10.6 Å². The van der Waals surface area contributed by atoms with Crippen LogP contribution in [0.3, 0.4) is 0 Å². The lowest BCUT2D eigenvalue weighted by Crippen LogP contribution is -2.52. The lowest BCUT2D eigenvalue weighted by molar-refractivity contribution is -0.132. The zero-order valence-electron chi connectivity index (χ0n) is 16.7. The molecule has 0 saturated carbocycles. The van der Waals surface area contributed by atoms with Crippen molar-refractivity contribution in [1.82, 2.24) is 10.2 Å². The summed E-state index contributed by atoms with van der Waals surface area (Å²) in [6.07, 6.45) is 1.51. The van der Waals surface area contributed by atoms with Crippen molar-refractivity contribution < 1.29 is 14.3 Å². The molecular weight excluding hydrogens is 390 g/mol. The lowest BCUT2D eigenvalue weighted by atomic mass is 9.81. The number of methoxy groups -OCH3 is 1. The van der Waals surface area contributed by atoms with E-state index in [4.69, 9.17) is 16.3 Å². The molecule has 154 valence electrons. The van der Waals surface area contributed by atoms with E-state index >= 15 is 0 Å². The number of anilines is 1. The fraction of sp³-hybridized carbons (Fsp3) is 0.364. The summed E-state index contributed by atoms with van der Waals surface area (Å²) in [4.78, 5) is 27.2. The highest BCUT2D eigenvalue weighted by molar-refractivity contribution is 6.30. The van der Waals surface area contributed by atoms with Gasteiger partial charge in [0.15, 0.2) is 0 Å². The fourth-order valence-corrected chi connectivity index (χ4v) is 3.64. The van der Waals surface area contributed by atoms with Crippen molar-refractivity contribution in [1.29, 1.82) is 0 Å². The Bertz CT molecular complexity index is 872. The molecule has 1 aliphatic heterocycles. The van der Waals surface area contributed by atoms with Crippen molar-refractivity contribution in [2.24, 2.45) is 5.41 Å². The highest BCUT2D eigenvalue weighted by atomic mass is 35.5. The Morgan fingerprint density at radius 3 is 2.69 bits per heavy atom.